The summed E-state index contributed by atoms with van der Waals surface area (Å²) in [6.45, 7) is 2.53. The van der Waals surface area contributed by atoms with E-state index in [-0.39, 0.29) is 11.8 Å². The maximum absolute atomic E-state index is 12.9. The van der Waals surface area contributed by atoms with Gasteiger partial charge in [0.25, 0.3) is 0 Å². The van der Waals surface area contributed by atoms with Crippen LogP contribution in [0.1, 0.15) is 41.5 Å². The molecule has 1 atom stereocenters. The Hall–Kier alpha value is -3.19. The van der Waals surface area contributed by atoms with E-state index in [4.69, 9.17) is 9.15 Å². The standard InChI is InChI=1S/C25H30N4O3/c1-28(16-20-5-3-11-26-14-20)18-24(30)29-12-4-6-21(17-29)25-27-15-23(32-25)13-19-7-9-22(31-2)10-8-19/h3,5,7-11,14-15,21H,4,6,12-13,16-18H2,1-2H3/t21-/m1/s1. The van der Waals surface area contributed by atoms with Crippen molar-refractivity contribution in [2.24, 2.45) is 0 Å². The third kappa shape index (κ3) is 5.73. The molecule has 1 aromatic carbocycles. The van der Waals surface area contributed by atoms with Crippen LogP contribution in [0.3, 0.4) is 0 Å². The first-order chi connectivity index (χ1) is 15.6. The van der Waals surface area contributed by atoms with E-state index in [9.17, 15) is 4.79 Å². The molecular weight excluding hydrogens is 404 g/mol. The zero-order valence-corrected chi connectivity index (χ0v) is 18.7. The number of rotatable bonds is 8. The van der Waals surface area contributed by atoms with Crippen molar-refractivity contribution in [1.82, 2.24) is 19.8 Å². The fourth-order valence-corrected chi connectivity index (χ4v) is 4.13. The number of amides is 1. The second kappa shape index (κ2) is 10.4. The molecule has 0 radical (unpaired) electrons. The predicted molar refractivity (Wildman–Crippen MR) is 121 cm³/mol. The molecular formula is C25H30N4O3. The molecule has 1 aliphatic heterocycles. The van der Waals surface area contributed by atoms with Crippen molar-refractivity contribution in [2.75, 3.05) is 33.8 Å². The number of methoxy groups -OCH3 is 1. The summed E-state index contributed by atoms with van der Waals surface area (Å²) in [6.07, 6.45) is 8.03. The molecule has 168 valence electrons. The summed E-state index contributed by atoms with van der Waals surface area (Å²) in [5.41, 5.74) is 2.24. The predicted octanol–water partition coefficient (Wildman–Crippen LogP) is 3.51. The highest BCUT2D eigenvalue weighted by Crippen LogP contribution is 2.27. The number of piperidine rings is 1. The number of hydrogen-bond acceptors (Lipinski definition) is 6. The molecule has 32 heavy (non-hydrogen) atoms. The Bertz CT molecular complexity index is 1000. The average molecular weight is 435 g/mol. The molecule has 0 spiro atoms. The average Bonchev–Trinajstić information content (AvgIpc) is 3.29. The van der Waals surface area contributed by atoms with Crippen molar-refractivity contribution in [3.63, 3.8) is 0 Å². The molecule has 7 heteroatoms. The fraction of sp³-hybridized carbons (Fsp3) is 0.400. The first-order valence-electron chi connectivity index (χ1n) is 11.0. The Morgan fingerprint density at radius 2 is 2.06 bits per heavy atom. The number of nitrogens with zero attached hydrogens (tertiary/aromatic N) is 4. The second-order valence-electron chi connectivity index (χ2n) is 8.40. The van der Waals surface area contributed by atoms with E-state index < -0.39 is 0 Å². The van der Waals surface area contributed by atoms with Crippen molar-refractivity contribution in [1.29, 1.82) is 0 Å². The maximum atomic E-state index is 12.9. The summed E-state index contributed by atoms with van der Waals surface area (Å²) in [7, 11) is 3.63. The minimum atomic E-state index is 0.140. The van der Waals surface area contributed by atoms with E-state index in [2.05, 4.69) is 9.97 Å². The summed E-state index contributed by atoms with van der Waals surface area (Å²) < 4.78 is 11.3. The van der Waals surface area contributed by atoms with E-state index >= 15 is 0 Å². The topological polar surface area (TPSA) is 71.7 Å². The van der Waals surface area contributed by atoms with Gasteiger partial charge in [-0.05, 0) is 49.2 Å². The van der Waals surface area contributed by atoms with Gasteiger partial charge in [0.2, 0.25) is 5.91 Å². The van der Waals surface area contributed by atoms with E-state index in [1.54, 1.807) is 13.3 Å². The van der Waals surface area contributed by atoms with Crippen molar-refractivity contribution in [3.05, 3.63) is 77.8 Å². The molecule has 7 nitrogen and oxygen atoms in total. The number of ether oxygens (including phenoxy) is 1. The van der Waals surface area contributed by atoms with Gasteiger partial charge in [-0.1, -0.05) is 18.2 Å². The molecule has 3 heterocycles. The van der Waals surface area contributed by atoms with Crippen LogP contribution in [0, 0.1) is 0 Å². The van der Waals surface area contributed by atoms with Crippen LogP contribution in [0.2, 0.25) is 0 Å². The van der Waals surface area contributed by atoms with Gasteiger partial charge in [0.1, 0.15) is 11.5 Å². The Balaban J connectivity index is 1.31. The number of likely N-dealkylation sites (N-methyl/N-ethyl adjacent to an activating group) is 1. The normalized spacial score (nSPS) is 16.3. The molecule has 1 amide bonds. The molecule has 3 aromatic rings. The molecule has 0 aliphatic carbocycles. The van der Waals surface area contributed by atoms with Gasteiger partial charge in [0.05, 0.1) is 25.8 Å². The lowest BCUT2D eigenvalue weighted by atomic mass is 9.98. The number of aromatic nitrogens is 2. The first-order valence-corrected chi connectivity index (χ1v) is 11.0. The highest BCUT2D eigenvalue weighted by molar-refractivity contribution is 5.78. The van der Waals surface area contributed by atoms with E-state index in [0.29, 0.717) is 26.1 Å². The van der Waals surface area contributed by atoms with Gasteiger partial charge in [0, 0.05) is 38.4 Å². The van der Waals surface area contributed by atoms with Gasteiger partial charge in [0.15, 0.2) is 5.89 Å². The number of pyridine rings is 1. The van der Waals surface area contributed by atoms with Crippen LogP contribution in [0.15, 0.2) is 59.4 Å². The van der Waals surface area contributed by atoms with Gasteiger partial charge >= 0.3 is 0 Å². The highest BCUT2D eigenvalue weighted by atomic mass is 16.5. The second-order valence-corrected chi connectivity index (χ2v) is 8.40. The Labute approximate surface area is 189 Å². The number of oxazole rings is 1. The summed E-state index contributed by atoms with van der Waals surface area (Å²) in [5.74, 6) is 2.69. The van der Waals surface area contributed by atoms with Crippen molar-refractivity contribution in [2.45, 2.75) is 31.7 Å². The minimum absolute atomic E-state index is 0.140. The molecule has 1 aliphatic rings. The number of carbonyl (C=O) groups is 1. The molecule has 2 aromatic heterocycles. The van der Waals surface area contributed by atoms with Crippen molar-refractivity contribution < 1.29 is 13.9 Å². The zero-order chi connectivity index (χ0) is 22.3. The summed E-state index contributed by atoms with van der Waals surface area (Å²) >= 11 is 0. The van der Waals surface area contributed by atoms with Crippen LogP contribution in [-0.4, -0.2) is 59.5 Å². The SMILES string of the molecule is COc1ccc(Cc2cnc([C@@H]3CCCN(C(=O)CN(C)Cc4cccnc4)C3)o2)cc1. The zero-order valence-electron chi connectivity index (χ0n) is 18.7. The highest BCUT2D eigenvalue weighted by Gasteiger charge is 2.28. The number of likely N-dealkylation sites (tertiary alicyclic amines) is 1. The lowest BCUT2D eigenvalue weighted by Gasteiger charge is -2.32. The monoisotopic (exact) mass is 434 g/mol. The summed E-state index contributed by atoms with van der Waals surface area (Å²) in [4.78, 5) is 25.5. The largest absolute Gasteiger partial charge is 0.497 e. The smallest absolute Gasteiger partial charge is 0.236 e. The quantitative estimate of drug-likeness (QED) is 0.540. The number of benzene rings is 1. The molecule has 0 unspecified atom stereocenters. The van der Waals surface area contributed by atoms with Gasteiger partial charge < -0.3 is 14.1 Å². The van der Waals surface area contributed by atoms with Crippen LogP contribution in [0.25, 0.3) is 0 Å². The van der Waals surface area contributed by atoms with Gasteiger partial charge in [-0.25, -0.2) is 4.98 Å². The van der Waals surface area contributed by atoms with E-state index in [1.165, 1.54) is 0 Å². The van der Waals surface area contributed by atoms with Gasteiger partial charge in [-0.15, -0.1) is 0 Å². The first kappa shape index (κ1) is 22.0. The van der Waals surface area contributed by atoms with Crippen molar-refractivity contribution >= 4 is 5.91 Å². The van der Waals surface area contributed by atoms with Crippen LogP contribution >= 0.6 is 0 Å². The molecule has 1 fully saturated rings. The molecule has 1 saturated heterocycles. The summed E-state index contributed by atoms with van der Waals surface area (Å²) in [6, 6.07) is 11.9. The van der Waals surface area contributed by atoms with Crippen molar-refractivity contribution in [3.8, 4) is 5.75 Å². The Kier molecular flexibility index (Phi) is 7.17. The lowest BCUT2D eigenvalue weighted by Crippen LogP contribution is -2.43. The summed E-state index contributed by atoms with van der Waals surface area (Å²) in [5, 5.41) is 0. The van der Waals surface area contributed by atoms with Gasteiger partial charge in [-0.2, -0.15) is 0 Å². The van der Waals surface area contributed by atoms with Crippen LogP contribution < -0.4 is 4.74 Å². The molecule has 0 N–H and O–H groups in total. The molecule has 0 saturated carbocycles. The molecule has 0 bridgehead atoms. The lowest BCUT2D eigenvalue weighted by molar-refractivity contribution is -0.133. The fourth-order valence-electron chi connectivity index (χ4n) is 4.13. The molecule has 4 rings (SSSR count). The van der Waals surface area contributed by atoms with Crippen LogP contribution in [0.4, 0.5) is 0 Å². The third-order valence-electron chi connectivity index (χ3n) is 5.81. The minimum Gasteiger partial charge on any atom is -0.497 e. The number of carbonyl (C=O) groups excluding carboxylic acids is 1. The van der Waals surface area contributed by atoms with Crippen LogP contribution in [0.5, 0.6) is 5.75 Å². The van der Waals surface area contributed by atoms with E-state index in [0.717, 1.165) is 47.9 Å². The third-order valence-corrected chi connectivity index (χ3v) is 5.81. The number of hydrogen-bond donors (Lipinski definition) is 0. The Morgan fingerprint density at radius 3 is 2.81 bits per heavy atom. The Morgan fingerprint density at radius 1 is 1.22 bits per heavy atom. The van der Waals surface area contributed by atoms with Crippen LogP contribution in [-0.2, 0) is 17.8 Å². The van der Waals surface area contributed by atoms with E-state index in [1.807, 2.05) is 65.6 Å². The maximum Gasteiger partial charge on any atom is 0.236 e. The van der Waals surface area contributed by atoms with Gasteiger partial charge in [-0.3, -0.25) is 14.7 Å².